The number of fused-ring (bicyclic) bond motifs is 1. The molecule has 0 fully saturated rings. The number of pyridine rings is 1. The highest BCUT2D eigenvalue weighted by molar-refractivity contribution is 7.13. The molecule has 38 heavy (non-hydrogen) atoms. The van der Waals surface area contributed by atoms with E-state index in [2.05, 4.69) is 10.3 Å². The molecule has 0 bridgehead atoms. The standard InChI is InChI=1S/C30H22ClN5OS/c1-2-36-30(37)28(33-24-17-32-16-21-10-6-7-11-23(21)24)26(27(35-36)19-8-4-3-5-9-19)25-18-38-29(34-25)20-12-14-22(31)15-13-20/h3-18,33H,2H2,1H3. The van der Waals surface area contributed by atoms with Crippen LogP contribution >= 0.6 is 22.9 Å². The van der Waals surface area contributed by atoms with Crippen molar-refractivity contribution < 1.29 is 0 Å². The van der Waals surface area contributed by atoms with Gasteiger partial charge in [-0.25, -0.2) is 9.67 Å². The van der Waals surface area contributed by atoms with Gasteiger partial charge in [0.05, 0.1) is 23.1 Å². The Labute approximate surface area is 228 Å². The monoisotopic (exact) mass is 535 g/mol. The predicted octanol–water partition coefficient (Wildman–Crippen LogP) is 7.67. The number of halogens is 1. The van der Waals surface area contributed by atoms with Crippen molar-refractivity contribution in [3.8, 4) is 33.1 Å². The van der Waals surface area contributed by atoms with Crippen LogP contribution in [-0.4, -0.2) is 19.7 Å². The summed E-state index contributed by atoms with van der Waals surface area (Å²) in [4.78, 5) is 23.2. The van der Waals surface area contributed by atoms with E-state index in [1.165, 1.54) is 16.0 Å². The topological polar surface area (TPSA) is 72.7 Å². The molecule has 6 nitrogen and oxygen atoms in total. The molecule has 0 aliphatic rings. The Balaban J connectivity index is 1.60. The van der Waals surface area contributed by atoms with Crippen LogP contribution in [0.4, 0.5) is 11.4 Å². The molecule has 0 amide bonds. The van der Waals surface area contributed by atoms with Crippen LogP contribution in [0.25, 0.3) is 43.9 Å². The second-order valence-electron chi connectivity index (χ2n) is 8.66. The minimum atomic E-state index is -0.226. The zero-order valence-electron chi connectivity index (χ0n) is 20.4. The van der Waals surface area contributed by atoms with E-state index in [1.54, 1.807) is 6.20 Å². The fourth-order valence-corrected chi connectivity index (χ4v) is 5.36. The van der Waals surface area contributed by atoms with Gasteiger partial charge < -0.3 is 5.32 Å². The molecule has 0 aliphatic carbocycles. The van der Waals surface area contributed by atoms with E-state index >= 15 is 0 Å². The van der Waals surface area contributed by atoms with Gasteiger partial charge in [-0.1, -0.05) is 78.3 Å². The number of aromatic nitrogens is 4. The van der Waals surface area contributed by atoms with E-state index in [-0.39, 0.29) is 5.56 Å². The van der Waals surface area contributed by atoms with E-state index in [1.807, 2.05) is 97.4 Å². The molecular formula is C30H22ClN5OS. The minimum Gasteiger partial charge on any atom is -0.349 e. The van der Waals surface area contributed by atoms with Gasteiger partial charge in [0.1, 0.15) is 16.4 Å². The summed E-state index contributed by atoms with van der Waals surface area (Å²) in [7, 11) is 0. The largest absolute Gasteiger partial charge is 0.349 e. The summed E-state index contributed by atoms with van der Waals surface area (Å²) in [5.41, 5.74) is 4.76. The lowest BCUT2D eigenvalue weighted by molar-refractivity contribution is 0.621. The van der Waals surface area contributed by atoms with Crippen LogP contribution in [0.3, 0.4) is 0 Å². The van der Waals surface area contributed by atoms with Crippen molar-refractivity contribution in [2.45, 2.75) is 13.5 Å². The normalized spacial score (nSPS) is 11.1. The van der Waals surface area contributed by atoms with Gasteiger partial charge in [-0.05, 0) is 19.1 Å². The van der Waals surface area contributed by atoms with Crippen LogP contribution in [0.5, 0.6) is 0 Å². The summed E-state index contributed by atoms with van der Waals surface area (Å²) in [6.07, 6.45) is 3.55. The van der Waals surface area contributed by atoms with Crippen LogP contribution in [0, 0.1) is 0 Å². The van der Waals surface area contributed by atoms with Crippen molar-refractivity contribution in [3.63, 3.8) is 0 Å². The number of thiazole rings is 1. The third-order valence-electron chi connectivity index (χ3n) is 6.28. The number of hydrogen-bond donors (Lipinski definition) is 1. The van der Waals surface area contributed by atoms with E-state index in [0.29, 0.717) is 34.2 Å². The summed E-state index contributed by atoms with van der Waals surface area (Å²) in [5.74, 6) is 0. The Morgan fingerprint density at radius 3 is 2.47 bits per heavy atom. The third-order valence-corrected chi connectivity index (χ3v) is 7.43. The van der Waals surface area contributed by atoms with Crippen LogP contribution in [0.2, 0.25) is 5.02 Å². The number of nitrogens with one attached hydrogen (secondary N) is 1. The number of aryl methyl sites for hydroxylation is 1. The number of hydrogen-bond acceptors (Lipinski definition) is 6. The van der Waals surface area contributed by atoms with Crippen molar-refractivity contribution in [3.05, 3.63) is 112 Å². The molecule has 3 aromatic heterocycles. The van der Waals surface area contributed by atoms with Crippen molar-refractivity contribution >= 4 is 45.1 Å². The first-order chi connectivity index (χ1) is 18.6. The Kier molecular flexibility index (Phi) is 6.45. The molecule has 3 aromatic carbocycles. The number of anilines is 2. The molecule has 0 atom stereocenters. The van der Waals surface area contributed by atoms with Gasteiger partial charge >= 0.3 is 0 Å². The summed E-state index contributed by atoms with van der Waals surface area (Å²) in [5, 5.41) is 13.6. The van der Waals surface area contributed by atoms with Gasteiger partial charge in [0, 0.05) is 45.0 Å². The zero-order valence-corrected chi connectivity index (χ0v) is 22.0. The molecule has 0 spiro atoms. The SMILES string of the molecule is CCn1nc(-c2ccccc2)c(-c2csc(-c3ccc(Cl)cc3)n2)c(Nc2cncc3ccccc23)c1=O. The maximum Gasteiger partial charge on any atom is 0.291 e. The Morgan fingerprint density at radius 2 is 1.68 bits per heavy atom. The maximum absolute atomic E-state index is 13.8. The highest BCUT2D eigenvalue weighted by Gasteiger charge is 2.23. The minimum absolute atomic E-state index is 0.226. The van der Waals surface area contributed by atoms with E-state index in [9.17, 15) is 4.79 Å². The lowest BCUT2D eigenvalue weighted by Gasteiger charge is -2.17. The van der Waals surface area contributed by atoms with Gasteiger partial charge in [-0.15, -0.1) is 11.3 Å². The number of rotatable bonds is 6. The quantitative estimate of drug-likeness (QED) is 0.237. The maximum atomic E-state index is 13.8. The molecule has 6 aromatic rings. The second kappa shape index (κ2) is 10.2. The van der Waals surface area contributed by atoms with Crippen LogP contribution in [0.1, 0.15) is 6.92 Å². The van der Waals surface area contributed by atoms with Crippen molar-refractivity contribution in [2.75, 3.05) is 5.32 Å². The first kappa shape index (κ1) is 24.0. The van der Waals surface area contributed by atoms with E-state index in [4.69, 9.17) is 21.7 Å². The summed E-state index contributed by atoms with van der Waals surface area (Å²) >= 11 is 7.61. The van der Waals surface area contributed by atoms with Crippen molar-refractivity contribution in [1.29, 1.82) is 0 Å². The average Bonchev–Trinajstić information content (AvgIpc) is 3.45. The zero-order chi connectivity index (χ0) is 26.1. The van der Waals surface area contributed by atoms with E-state index in [0.717, 1.165) is 32.6 Å². The summed E-state index contributed by atoms with van der Waals surface area (Å²) in [6, 6.07) is 25.4. The molecule has 0 aliphatic heterocycles. The third kappa shape index (κ3) is 4.47. The smallest absolute Gasteiger partial charge is 0.291 e. The Morgan fingerprint density at radius 1 is 0.921 bits per heavy atom. The molecule has 6 rings (SSSR count). The Bertz CT molecular complexity index is 1810. The molecule has 0 unspecified atom stereocenters. The van der Waals surface area contributed by atoms with Crippen LogP contribution in [-0.2, 0) is 6.54 Å². The van der Waals surface area contributed by atoms with Crippen LogP contribution < -0.4 is 10.9 Å². The fraction of sp³-hybridized carbons (Fsp3) is 0.0667. The first-order valence-electron chi connectivity index (χ1n) is 12.1. The molecule has 8 heteroatoms. The lowest BCUT2D eigenvalue weighted by Crippen LogP contribution is -2.26. The average molecular weight is 536 g/mol. The van der Waals surface area contributed by atoms with Gasteiger partial charge in [0.15, 0.2) is 0 Å². The van der Waals surface area contributed by atoms with Gasteiger partial charge in [0.25, 0.3) is 5.56 Å². The fourth-order valence-electron chi connectivity index (χ4n) is 4.41. The number of benzene rings is 3. The van der Waals surface area contributed by atoms with Gasteiger partial charge in [0.2, 0.25) is 0 Å². The second-order valence-corrected chi connectivity index (χ2v) is 9.96. The van der Waals surface area contributed by atoms with Gasteiger partial charge in [-0.2, -0.15) is 5.10 Å². The highest BCUT2D eigenvalue weighted by Crippen LogP contribution is 2.39. The molecule has 0 saturated carbocycles. The predicted molar refractivity (Wildman–Crippen MR) is 156 cm³/mol. The lowest BCUT2D eigenvalue weighted by atomic mass is 10.0. The molecule has 0 saturated heterocycles. The number of nitrogens with zero attached hydrogens (tertiary/aromatic N) is 4. The molecular weight excluding hydrogens is 514 g/mol. The molecule has 3 heterocycles. The summed E-state index contributed by atoms with van der Waals surface area (Å²) in [6.45, 7) is 2.34. The van der Waals surface area contributed by atoms with E-state index < -0.39 is 0 Å². The van der Waals surface area contributed by atoms with Crippen molar-refractivity contribution in [2.24, 2.45) is 0 Å². The molecule has 186 valence electrons. The Hall–Kier alpha value is -4.33. The first-order valence-corrected chi connectivity index (χ1v) is 13.4. The molecule has 0 radical (unpaired) electrons. The van der Waals surface area contributed by atoms with Crippen molar-refractivity contribution in [1.82, 2.24) is 19.7 Å². The summed E-state index contributed by atoms with van der Waals surface area (Å²) < 4.78 is 1.49. The molecule has 1 N–H and O–H groups in total. The van der Waals surface area contributed by atoms with Crippen LogP contribution in [0.15, 0.2) is 101 Å². The highest BCUT2D eigenvalue weighted by atomic mass is 35.5. The van der Waals surface area contributed by atoms with Gasteiger partial charge in [-0.3, -0.25) is 9.78 Å².